The smallest absolute Gasteiger partial charge is 1.00 e. The molecule has 0 spiro atoms. The van der Waals surface area contributed by atoms with Gasteiger partial charge in [0.15, 0.2) is 0 Å². The van der Waals surface area contributed by atoms with Crippen LogP contribution in [0.2, 0.25) is 0 Å². The summed E-state index contributed by atoms with van der Waals surface area (Å²) >= 11 is 0. The van der Waals surface area contributed by atoms with Crippen LogP contribution in [0.25, 0.3) is 0 Å². The van der Waals surface area contributed by atoms with Crippen LogP contribution in [0, 0.1) is 0 Å². The van der Waals surface area contributed by atoms with E-state index in [9.17, 15) is 9.90 Å². The second-order valence-corrected chi connectivity index (χ2v) is 6.92. The Morgan fingerprint density at radius 3 is 1.56 bits per heavy atom. The van der Waals surface area contributed by atoms with Crippen molar-refractivity contribution in [2.45, 2.75) is 117 Å². The number of hydrogen-bond acceptors (Lipinski definition) is 4. The number of rotatable bonds is 17. The van der Waals surface area contributed by atoms with Crippen LogP contribution in [0.1, 0.15) is 113 Å². The molecule has 0 aromatic rings. The van der Waals surface area contributed by atoms with Crippen LogP contribution in [0.15, 0.2) is 0 Å². The first kappa shape index (κ1) is 32.1. The first-order valence-corrected chi connectivity index (χ1v) is 11.0. The van der Waals surface area contributed by atoms with Gasteiger partial charge in [-0.2, -0.15) is 0 Å². The Morgan fingerprint density at radius 1 is 0.815 bits per heavy atom. The van der Waals surface area contributed by atoms with E-state index in [1.54, 1.807) is 0 Å². The maximum Gasteiger partial charge on any atom is 1.00 e. The minimum absolute atomic E-state index is 0. The molecule has 0 amide bonds. The van der Waals surface area contributed by atoms with Crippen LogP contribution in [0.3, 0.4) is 0 Å². The third kappa shape index (κ3) is 34.3. The van der Waals surface area contributed by atoms with Crippen molar-refractivity contribution in [3.8, 4) is 0 Å². The molecule has 1 unspecified atom stereocenters. The average Bonchev–Trinajstić information content (AvgIpc) is 2.62. The van der Waals surface area contributed by atoms with Crippen LogP contribution in [0.4, 0.5) is 0 Å². The summed E-state index contributed by atoms with van der Waals surface area (Å²) in [5.41, 5.74) is 0. The van der Waals surface area contributed by atoms with E-state index in [0.29, 0.717) is 0 Å². The van der Waals surface area contributed by atoms with E-state index in [0.717, 1.165) is 26.1 Å². The van der Waals surface area contributed by atoms with E-state index < -0.39 is 6.10 Å². The van der Waals surface area contributed by atoms with Crippen LogP contribution in [-0.2, 0) is 14.3 Å². The zero-order valence-electron chi connectivity index (χ0n) is 20.1. The van der Waals surface area contributed by atoms with Crippen molar-refractivity contribution in [3.05, 3.63) is 0 Å². The molecule has 5 heteroatoms. The largest absolute Gasteiger partial charge is 1.00 e. The van der Waals surface area contributed by atoms with Crippen molar-refractivity contribution in [2.75, 3.05) is 19.8 Å². The van der Waals surface area contributed by atoms with Crippen molar-refractivity contribution in [2.24, 2.45) is 0 Å². The predicted octanol–water partition coefficient (Wildman–Crippen LogP) is 3.16. The second kappa shape index (κ2) is 28.6. The number of aliphatic hydroxyl groups is 1. The van der Waals surface area contributed by atoms with Gasteiger partial charge in [-0.3, -0.25) is 4.79 Å². The molecule has 0 aliphatic heterocycles. The quantitative estimate of drug-likeness (QED) is 0.232. The van der Waals surface area contributed by atoms with Gasteiger partial charge in [-0.25, -0.2) is 0 Å². The summed E-state index contributed by atoms with van der Waals surface area (Å²) in [4.78, 5) is 10.6. The van der Waals surface area contributed by atoms with E-state index in [4.69, 9.17) is 9.47 Å². The molecule has 0 saturated heterocycles. The third-order valence-electron chi connectivity index (χ3n) is 4.28. The summed E-state index contributed by atoms with van der Waals surface area (Å²) in [6.45, 7) is 9.44. The minimum atomic E-state index is -0.489. The molecule has 1 atom stereocenters. The molecule has 0 aliphatic rings. The number of unbranched alkanes of at least 4 members (excludes halogenated alkanes) is 11. The van der Waals surface area contributed by atoms with Gasteiger partial charge in [0, 0.05) is 20.1 Å². The standard InChI is InChI=1S/C18H36O3.C4H10O.Na.H/c1-3-4-5-6-7-8-9-10-11-12-13-14-15-18(20)16-21-17(2)19;1-3-5-4-2;;/h18,20H,3-16H2,1-2H3;3-4H2,1-2H3;;/q;;+1;-1. The van der Waals surface area contributed by atoms with Crippen molar-refractivity contribution in [1.29, 1.82) is 0 Å². The van der Waals surface area contributed by atoms with E-state index >= 15 is 0 Å². The van der Waals surface area contributed by atoms with Gasteiger partial charge in [0.2, 0.25) is 0 Å². The summed E-state index contributed by atoms with van der Waals surface area (Å²) in [5.74, 6) is -0.316. The summed E-state index contributed by atoms with van der Waals surface area (Å²) < 4.78 is 9.61. The fraction of sp³-hybridized carbons (Fsp3) is 0.955. The van der Waals surface area contributed by atoms with Crippen molar-refractivity contribution < 1.29 is 50.4 Å². The molecule has 0 fully saturated rings. The van der Waals surface area contributed by atoms with E-state index in [1.165, 1.54) is 77.6 Å². The number of carbonyl (C=O) groups excluding carboxylic acids is 1. The molecule has 4 nitrogen and oxygen atoms in total. The minimum Gasteiger partial charge on any atom is -1.00 e. The predicted molar refractivity (Wildman–Crippen MR) is 112 cm³/mol. The van der Waals surface area contributed by atoms with Crippen LogP contribution < -0.4 is 29.6 Å². The maximum atomic E-state index is 10.6. The Bertz CT molecular complexity index is 279. The SMILES string of the molecule is CCCCCCCCCCCCCCC(O)COC(C)=O.CCOCC.[H-].[Na+]. The Balaban J connectivity index is -0.000000364. The number of ether oxygens (including phenoxy) is 2. The van der Waals surface area contributed by atoms with E-state index in [-0.39, 0.29) is 43.6 Å². The Hall–Kier alpha value is 0.390. The molecular weight excluding hydrogens is 351 g/mol. The normalized spacial score (nSPS) is 11.1. The molecule has 0 bridgehead atoms. The maximum absolute atomic E-state index is 10.6. The van der Waals surface area contributed by atoms with Gasteiger partial charge in [-0.1, -0.05) is 84.0 Å². The molecule has 160 valence electrons. The number of esters is 1. The van der Waals surface area contributed by atoms with Gasteiger partial charge in [0.05, 0.1) is 6.10 Å². The van der Waals surface area contributed by atoms with Gasteiger partial charge in [0.25, 0.3) is 0 Å². The molecule has 0 saturated carbocycles. The fourth-order valence-electron chi connectivity index (χ4n) is 2.72. The molecule has 0 aromatic carbocycles. The Morgan fingerprint density at radius 2 is 1.22 bits per heavy atom. The van der Waals surface area contributed by atoms with Gasteiger partial charge in [-0.05, 0) is 20.3 Å². The van der Waals surface area contributed by atoms with Crippen LogP contribution in [0.5, 0.6) is 0 Å². The first-order chi connectivity index (χ1) is 12.6. The van der Waals surface area contributed by atoms with Gasteiger partial charge in [0.1, 0.15) is 6.61 Å². The van der Waals surface area contributed by atoms with Crippen molar-refractivity contribution in [1.82, 2.24) is 0 Å². The Kier molecular flexibility index (Phi) is 34.0. The van der Waals surface area contributed by atoms with Crippen LogP contribution >= 0.6 is 0 Å². The number of carbonyl (C=O) groups is 1. The van der Waals surface area contributed by atoms with Gasteiger partial charge < -0.3 is 16.0 Å². The van der Waals surface area contributed by atoms with E-state index in [2.05, 4.69) is 6.92 Å². The topological polar surface area (TPSA) is 55.8 Å². The Labute approximate surface area is 192 Å². The van der Waals surface area contributed by atoms with Crippen molar-refractivity contribution >= 4 is 5.97 Å². The molecule has 1 N–H and O–H groups in total. The summed E-state index contributed by atoms with van der Waals surface area (Å²) in [6, 6.07) is 0. The monoisotopic (exact) mass is 398 g/mol. The third-order valence-corrected chi connectivity index (χ3v) is 4.28. The van der Waals surface area contributed by atoms with Gasteiger partial charge >= 0.3 is 35.5 Å². The molecule has 0 heterocycles. The molecular formula is C22H47NaO4. The summed E-state index contributed by atoms with van der Waals surface area (Å²) in [5, 5.41) is 9.58. The van der Waals surface area contributed by atoms with E-state index in [1.807, 2.05) is 13.8 Å². The number of aliphatic hydroxyl groups excluding tert-OH is 1. The zero-order valence-corrected chi connectivity index (χ0v) is 21.1. The van der Waals surface area contributed by atoms with Crippen molar-refractivity contribution in [3.63, 3.8) is 0 Å². The summed E-state index contributed by atoms with van der Waals surface area (Å²) in [6.07, 6.45) is 16.1. The van der Waals surface area contributed by atoms with Gasteiger partial charge in [-0.15, -0.1) is 0 Å². The first-order valence-electron chi connectivity index (χ1n) is 11.0. The molecule has 27 heavy (non-hydrogen) atoms. The average molecular weight is 399 g/mol. The fourth-order valence-corrected chi connectivity index (χ4v) is 2.72. The zero-order chi connectivity index (χ0) is 19.9. The van der Waals surface area contributed by atoms with Crippen LogP contribution in [-0.4, -0.2) is 37.0 Å². The second-order valence-electron chi connectivity index (χ2n) is 6.92. The number of hydrogen-bond donors (Lipinski definition) is 1. The molecule has 0 aliphatic carbocycles. The molecule has 0 radical (unpaired) electrons. The molecule has 0 rings (SSSR count). The molecule has 0 aromatic heterocycles. The summed E-state index contributed by atoms with van der Waals surface area (Å²) in [7, 11) is 0.